The fraction of sp³-hybridized carbons (Fsp3) is 0. The average molecular weight is 461 g/mol. The van der Waals surface area contributed by atoms with Crippen molar-refractivity contribution in [2.45, 2.75) is 0 Å². The van der Waals surface area contributed by atoms with Gasteiger partial charge < -0.3 is 0 Å². The molecule has 0 spiro atoms. The van der Waals surface area contributed by atoms with Crippen LogP contribution in [0.5, 0.6) is 0 Å². The van der Waals surface area contributed by atoms with E-state index >= 15 is 0 Å². The molecule has 0 fully saturated rings. The average Bonchev–Trinajstić information content (AvgIpc) is 2.54. The molecule has 1 heterocycles. The van der Waals surface area contributed by atoms with Crippen LogP contribution in [0.25, 0.3) is 32.8 Å². The Morgan fingerprint density at radius 3 is 2.14 bits per heavy atom. The van der Waals surface area contributed by atoms with Gasteiger partial charge in [-0.1, -0.05) is 53.9 Å². The summed E-state index contributed by atoms with van der Waals surface area (Å²) < 4.78 is 0. The van der Waals surface area contributed by atoms with E-state index in [1.807, 2.05) is 12.3 Å². The van der Waals surface area contributed by atoms with Crippen LogP contribution < -0.4 is 0 Å². The van der Waals surface area contributed by atoms with Crippen molar-refractivity contribution < 1.29 is 20.1 Å². The number of rotatable bonds is 1. The summed E-state index contributed by atoms with van der Waals surface area (Å²) in [6.07, 6.45) is 1.87. The van der Waals surface area contributed by atoms with E-state index in [1.165, 1.54) is 21.5 Å². The molecule has 1 radical (unpaired) electrons. The van der Waals surface area contributed by atoms with Crippen LogP contribution in [-0.4, -0.2) is 4.98 Å². The third-order valence-corrected chi connectivity index (χ3v) is 3.90. The van der Waals surface area contributed by atoms with Gasteiger partial charge in [-0.05, 0) is 22.2 Å². The summed E-state index contributed by atoms with van der Waals surface area (Å²) in [7, 11) is 0. The van der Waals surface area contributed by atoms with Crippen LogP contribution in [-0.2, 0) is 20.1 Å². The van der Waals surface area contributed by atoms with Gasteiger partial charge in [0.2, 0.25) is 0 Å². The third-order valence-electron chi connectivity index (χ3n) is 3.90. The standard InChI is InChI=1S/C20H14N.Ir/c1-14-12-16-7-2-3-8-17(16)13-19(14)20-18-9-5-4-6-15(18)10-11-21-20;/h2-13H,1H2;/q-1;. The predicted molar refractivity (Wildman–Crippen MR) is 89.1 cm³/mol. The maximum absolute atomic E-state index is 4.60. The van der Waals surface area contributed by atoms with Crippen LogP contribution in [0.15, 0.2) is 72.9 Å². The van der Waals surface area contributed by atoms with Gasteiger partial charge in [-0.15, -0.1) is 11.6 Å². The Balaban J connectivity index is 0.00000144. The Bertz CT molecular complexity index is 955. The first-order valence-electron chi connectivity index (χ1n) is 7.02. The molecule has 0 amide bonds. The number of aromatic nitrogens is 1. The van der Waals surface area contributed by atoms with Gasteiger partial charge in [0.05, 0.1) is 0 Å². The predicted octanol–water partition coefficient (Wildman–Crippen LogP) is 5.23. The molecule has 0 aliphatic rings. The van der Waals surface area contributed by atoms with Gasteiger partial charge in [-0.25, -0.2) is 0 Å². The number of hydrogen-bond donors (Lipinski definition) is 0. The van der Waals surface area contributed by atoms with E-state index in [9.17, 15) is 0 Å². The number of hydrogen-bond acceptors (Lipinski definition) is 1. The van der Waals surface area contributed by atoms with Gasteiger partial charge in [0.15, 0.2) is 0 Å². The van der Waals surface area contributed by atoms with Crippen LogP contribution in [0.4, 0.5) is 0 Å². The zero-order chi connectivity index (χ0) is 14.2. The fourth-order valence-corrected chi connectivity index (χ4v) is 2.84. The van der Waals surface area contributed by atoms with Gasteiger partial charge >= 0.3 is 0 Å². The fourth-order valence-electron chi connectivity index (χ4n) is 2.84. The van der Waals surface area contributed by atoms with Crippen LogP contribution in [0.2, 0.25) is 0 Å². The van der Waals surface area contributed by atoms with Crippen molar-refractivity contribution in [2.75, 3.05) is 0 Å². The Morgan fingerprint density at radius 2 is 1.36 bits per heavy atom. The van der Waals surface area contributed by atoms with E-state index in [-0.39, 0.29) is 20.1 Å². The third kappa shape index (κ3) is 2.41. The van der Waals surface area contributed by atoms with Crippen LogP contribution >= 0.6 is 0 Å². The Kier molecular flexibility index (Phi) is 3.98. The SMILES string of the molecule is [CH2-]c1cc2ccccc2cc1-c1nccc2ccccc12.[Ir]. The molecule has 1 aromatic heterocycles. The van der Waals surface area contributed by atoms with E-state index < -0.39 is 0 Å². The Morgan fingerprint density at radius 1 is 0.727 bits per heavy atom. The molecule has 22 heavy (non-hydrogen) atoms. The summed E-state index contributed by atoms with van der Waals surface area (Å²) in [4.78, 5) is 4.60. The van der Waals surface area contributed by atoms with Gasteiger partial charge in [0.1, 0.15) is 0 Å². The van der Waals surface area contributed by atoms with E-state index in [0.29, 0.717) is 0 Å². The number of pyridine rings is 1. The first-order chi connectivity index (χ1) is 10.3. The minimum absolute atomic E-state index is 0. The summed E-state index contributed by atoms with van der Waals surface area (Å²) in [6.45, 7) is 4.21. The number of benzene rings is 3. The molecule has 0 saturated heterocycles. The Hall–Kier alpha value is -2.15. The smallest absolute Gasteiger partial charge is 0.0268 e. The van der Waals surface area contributed by atoms with Gasteiger partial charge in [-0.2, -0.15) is 18.6 Å². The summed E-state index contributed by atoms with van der Waals surface area (Å²) in [5, 5.41) is 4.80. The molecule has 109 valence electrons. The topological polar surface area (TPSA) is 12.9 Å². The van der Waals surface area contributed by atoms with E-state index in [1.54, 1.807) is 0 Å². The largest absolute Gasteiger partial charge is 0.269 e. The number of fused-ring (bicyclic) bond motifs is 2. The van der Waals surface area contributed by atoms with Crippen LogP contribution in [0, 0.1) is 6.92 Å². The van der Waals surface area contributed by atoms with E-state index in [4.69, 9.17) is 0 Å². The summed E-state index contributed by atoms with van der Waals surface area (Å²) in [6, 6.07) is 23.1. The quantitative estimate of drug-likeness (QED) is 0.354. The molecule has 4 rings (SSSR count). The zero-order valence-electron chi connectivity index (χ0n) is 11.9. The molecule has 0 aliphatic heterocycles. The molecule has 3 aromatic carbocycles. The maximum atomic E-state index is 4.60. The minimum Gasteiger partial charge on any atom is -0.269 e. The van der Waals surface area contributed by atoms with Crippen molar-refractivity contribution >= 4 is 21.5 Å². The van der Waals surface area contributed by atoms with Crippen LogP contribution in [0.3, 0.4) is 0 Å². The second-order valence-electron chi connectivity index (χ2n) is 5.24. The van der Waals surface area contributed by atoms with Crippen LogP contribution in [0.1, 0.15) is 5.56 Å². The van der Waals surface area contributed by atoms with Crippen molar-refractivity contribution in [3.8, 4) is 11.3 Å². The van der Waals surface area contributed by atoms with Crippen molar-refractivity contribution in [3.63, 3.8) is 0 Å². The van der Waals surface area contributed by atoms with E-state index in [0.717, 1.165) is 16.8 Å². The molecule has 1 nitrogen and oxygen atoms in total. The zero-order valence-corrected chi connectivity index (χ0v) is 14.3. The number of nitrogens with zero attached hydrogens (tertiary/aromatic N) is 1. The van der Waals surface area contributed by atoms with E-state index in [2.05, 4.69) is 72.6 Å². The summed E-state index contributed by atoms with van der Waals surface area (Å²) in [5.74, 6) is 0. The molecule has 4 aromatic rings. The molecule has 0 unspecified atom stereocenters. The monoisotopic (exact) mass is 461 g/mol. The van der Waals surface area contributed by atoms with Gasteiger partial charge in [0, 0.05) is 32.0 Å². The van der Waals surface area contributed by atoms with Crippen molar-refractivity contribution in [3.05, 3.63) is 85.4 Å². The summed E-state index contributed by atoms with van der Waals surface area (Å²) >= 11 is 0. The van der Waals surface area contributed by atoms with Gasteiger partial charge in [0.25, 0.3) is 0 Å². The first-order valence-corrected chi connectivity index (χ1v) is 7.02. The normalized spacial score (nSPS) is 10.5. The molecule has 0 aliphatic carbocycles. The molecule has 2 heteroatoms. The summed E-state index contributed by atoms with van der Waals surface area (Å²) in [5.41, 5.74) is 3.12. The molecule has 0 saturated carbocycles. The molecule has 0 N–H and O–H groups in total. The molecule has 0 bridgehead atoms. The van der Waals surface area contributed by atoms with Crippen molar-refractivity contribution in [2.24, 2.45) is 0 Å². The first kappa shape index (κ1) is 14.8. The minimum atomic E-state index is 0. The Labute approximate surface area is 143 Å². The second-order valence-corrected chi connectivity index (χ2v) is 5.24. The molecule has 0 atom stereocenters. The second kappa shape index (κ2) is 5.92. The molecular weight excluding hydrogens is 446 g/mol. The maximum Gasteiger partial charge on any atom is 0.0268 e. The molecular formula is C20H14IrN-. The van der Waals surface area contributed by atoms with Crippen molar-refractivity contribution in [1.82, 2.24) is 4.98 Å². The van der Waals surface area contributed by atoms with Gasteiger partial charge in [-0.3, -0.25) is 4.98 Å². The van der Waals surface area contributed by atoms with Crippen molar-refractivity contribution in [1.29, 1.82) is 0 Å².